The second-order valence-electron chi connectivity index (χ2n) is 4.61. The second-order valence-corrected chi connectivity index (χ2v) is 5.02. The van der Waals surface area contributed by atoms with Gasteiger partial charge in [-0.3, -0.25) is 0 Å². The van der Waals surface area contributed by atoms with Crippen LogP contribution in [0.15, 0.2) is 29.8 Å². The number of nitrogens with two attached hydrogens (primary N) is 1. The molecule has 0 saturated carbocycles. The third-order valence-electron chi connectivity index (χ3n) is 3.20. The predicted octanol–water partition coefficient (Wildman–Crippen LogP) is 3.85. The maximum Gasteiger partial charge on any atom is 0.128 e. The normalized spacial score (nSPS) is 20.9. The fourth-order valence-electron chi connectivity index (χ4n) is 2.28. The summed E-state index contributed by atoms with van der Waals surface area (Å²) < 4.78 is 13.7. The number of allylic oxidation sites excluding steroid dienone is 1. The Labute approximate surface area is 106 Å². The molecule has 1 aromatic rings. The smallest absolute Gasteiger partial charge is 0.128 e. The first-order chi connectivity index (χ1) is 8.16. The molecule has 2 N–H and O–H groups in total. The van der Waals surface area contributed by atoms with Gasteiger partial charge in [0.1, 0.15) is 5.82 Å². The van der Waals surface area contributed by atoms with E-state index < -0.39 is 0 Å². The summed E-state index contributed by atoms with van der Waals surface area (Å²) in [6.45, 7) is 0. The molecule has 0 fully saturated rings. The molecule has 17 heavy (non-hydrogen) atoms. The number of hydrogen-bond donors (Lipinski definition) is 1. The summed E-state index contributed by atoms with van der Waals surface area (Å²) in [7, 11) is 0. The van der Waals surface area contributed by atoms with E-state index >= 15 is 0 Å². The third-order valence-corrected chi connectivity index (χ3v) is 3.55. The van der Waals surface area contributed by atoms with Crippen LogP contribution in [0, 0.1) is 5.82 Å². The van der Waals surface area contributed by atoms with Gasteiger partial charge in [0, 0.05) is 16.6 Å². The molecule has 0 bridgehead atoms. The van der Waals surface area contributed by atoms with Gasteiger partial charge in [0.05, 0.1) is 0 Å². The van der Waals surface area contributed by atoms with Crippen LogP contribution >= 0.6 is 11.6 Å². The molecule has 0 aromatic heterocycles. The Morgan fingerprint density at radius 3 is 2.94 bits per heavy atom. The number of hydrogen-bond acceptors (Lipinski definition) is 1. The highest BCUT2D eigenvalue weighted by Gasteiger charge is 2.13. The quantitative estimate of drug-likeness (QED) is 0.796. The molecule has 1 aliphatic carbocycles. The summed E-state index contributed by atoms with van der Waals surface area (Å²) in [5.74, 6) is -0.226. The summed E-state index contributed by atoms with van der Waals surface area (Å²) in [4.78, 5) is 0. The molecule has 0 heterocycles. The minimum atomic E-state index is -0.226. The molecular formula is C14H17ClFN. The fourth-order valence-corrected chi connectivity index (χ4v) is 2.51. The Morgan fingerprint density at radius 2 is 2.18 bits per heavy atom. The van der Waals surface area contributed by atoms with Crippen LogP contribution in [0.1, 0.15) is 31.2 Å². The highest BCUT2D eigenvalue weighted by Crippen LogP contribution is 2.26. The van der Waals surface area contributed by atoms with Crippen LogP contribution < -0.4 is 5.73 Å². The summed E-state index contributed by atoms with van der Waals surface area (Å²) >= 11 is 6.03. The van der Waals surface area contributed by atoms with E-state index in [1.165, 1.54) is 11.6 Å². The van der Waals surface area contributed by atoms with Crippen molar-refractivity contribution in [1.82, 2.24) is 0 Å². The monoisotopic (exact) mass is 253 g/mol. The van der Waals surface area contributed by atoms with Crippen LogP contribution in [0.5, 0.6) is 0 Å². The van der Waals surface area contributed by atoms with Crippen molar-refractivity contribution >= 4 is 11.6 Å². The van der Waals surface area contributed by atoms with E-state index in [2.05, 4.69) is 6.08 Å². The van der Waals surface area contributed by atoms with Gasteiger partial charge >= 0.3 is 0 Å². The molecule has 0 radical (unpaired) electrons. The van der Waals surface area contributed by atoms with E-state index in [4.69, 9.17) is 17.3 Å². The summed E-state index contributed by atoms with van der Waals surface area (Å²) in [6.07, 6.45) is 6.96. The van der Waals surface area contributed by atoms with Crippen LogP contribution in [0.2, 0.25) is 5.02 Å². The van der Waals surface area contributed by atoms with Crippen LogP contribution in [0.4, 0.5) is 4.39 Å². The minimum Gasteiger partial charge on any atom is -0.324 e. The molecular weight excluding hydrogens is 237 g/mol. The average molecular weight is 254 g/mol. The summed E-state index contributed by atoms with van der Waals surface area (Å²) in [6, 6.07) is 4.93. The predicted molar refractivity (Wildman–Crippen MR) is 69.6 cm³/mol. The molecule has 1 aliphatic rings. The lowest BCUT2D eigenvalue weighted by Gasteiger charge is -2.09. The second kappa shape index (κ2) is 5.65. The molecule has 0 aliphatic heterocycles. The number of rotatable bonds is 2. The number of halogens is 2. The van der Waals surface area contributed by atoms with Gasteiger partial charge in [-0.25, -0.2) is 4.39 Å². The largest absolute Gasteiger partial charge is 0.324 e. The highest BCUT2D eigenvalue weighted by atomic mass is 35.5. The lowest BCUT2D eigenvalue weighted by Crippen LogP contribution is -2.16. The van der Waals surface area contributed by atoms with Crippen molar-refractivity contribution in [2.75, 3.05) is 0 Å². The lowest BCUT2D eigenvalue weighted by atomic mass is 10.0. The average Bonchev–Trinajstić information content (AvgIpc) is 2.48. The molecule has 1 nitrogen and oxygen atoms in total. The van der Waals surface area contributed by atoms with Crippen molar-refractivity contribution in [3.63, 3.8) is 0 Å². The Morgan fingerprint density at radius 1 is 1.35 bits per heavy atom. The van der Waals surface area contributed by atoms with Crippen LogP contribution in [0.25, 0.3) is 0 Å². The Hall–Kier alpha value is -0.860. The van der Waals surface area contributed by atoms with Crippen LogP contribution in [-0.2, 0) is 6.42 Å². The van der Waals surface area contributed by atoms with Gasteiger partial charge in [-0.1, -0.05) is 35.7 Å². The van der Waals surface area contributed by atoms with Gasteiger partial charge in [0.25, 0.3) is 0 Å². The first kappa shape index (κ1) is 12.6. The summed E-state index contributed by atoms with van der Waals surface area (Å²) in [5, 5.41) is 0.503. The molecule has 92 valence electrons. The SMILES string of the molecule is NC1C=C(Cc2c(F)cccc2Cl)CCCC1. The fraction of sp³-hybridized carbons (Fsp3) is 0.429. The standard InChI is InChI=1S/C14H17ClFN/c15-13-6-3-7-14(16)12(13)9-10-4-1-2-5-11(17)8-10/h3,6-8,11H,1-2,4-5,9,17H2. The Kier molecular flexibility index (Phi) is 4.19. The van der Waals surface area contributed by atoms with Crippen molar-refractivity contribution in [2.45, 2.75) is 38.1 Å². The molecule has 1 unspecified atom stereocenters. The molecule has 0 spiro atoms. The first-order valence-corrected chi connectivity index (χ1v) is 6.42. The van der Waals surface area contributed by atoms with Gasteiger partial charge in [-0.15, -0.1) is 0 Å². The van der Waals surface area contributed by atoms with E-state index in [0.29, 0.717) is 17.0 Å². The van der Waals surface area contributed by atoms with Gasteiger partial charge in [-0.05, 0) is 37.8 Å². The zero-order valence-corrected chi connectivity index (χ0v) is 10.5. The zero-order valence-electron chi connectivity index (χ0n) is 9.76. The van der Waals surface area contributed by atoms with E-state index in [9.17, 15) is 4.39 Å². The first-order valence-electron chi connectivity index (χ1n) is 6.05. The highest BCUT2D eigenvalue weighted by molar-refractivity contribution is 6.31. The van der Waals surface area contributed by atoms with Crippen molar-refractivity contribution in [1.29, 1.82) is 0 Å². The number of benzene rings is 1. The third kappa shape index (κ3) is 3.30. The van der Waals surface area contributed by atoms with E-state index in [0.717, 1.165) is 25.7 Å². The molecule has 3 heteroatoms. The minimum absolute atomic E-state index is 0.109. The van der Waals surface area contributed by atoms with Gasteiger partial charge in [-0.2, -0.15) is 0 Å². The summed E-state index contributed by atoms with van der Waals surface area (Å²) in [5.41, 5.74) is 7.75. The molecule has 0 amide bonds. The van der Waals surface area contributed by atoms with Gasteiger partial charge < -0.3 is 5.73 Å². The van der Waals surface area contributed by atoms with E-state index in [1.807, 2.05) is 0 Å². The topological polar surface area (TPSA) is 26.0 Å². The zero-order chi connectivity index (χ0) is 12.3. The van der Waals surface area contributed by atoms with E-state index in [1.54, 1.807) is 12.1 Å². The molecule has 0 saturated heterocycles. The molecule has 2 rings (SSSR count). The van der Waals surface area contributed by atoms with Crippen molar-refractivity contribution in [3.05, 3.63) is 46.3 Å². The van der Waals surface area contributed by atoms with Crippen LogP contribution in [0.3, 0.4) is 0 Å². The van der Waals surface area contributed by atoms with Crippen LogP contribution in [-0.4, -0.2) is 6.04 Å². The van der Waals surface area contributed by atoms with Gasteiger partial charge in [0.2, 0.25) is 0 Å². The Bertz CT molecular complexity index is 408. The van der Waals surface area contributed by atoms with Crippen molar-refractivity contribution in [2.24, 2.45) is 5.73 Å². The van der Waals surface area contributed by atoms with Crippen molar-refractivity contribution < 1.29 is 4.39 Å². The Balaban J connectivity index is 2.19. The molecule has 1 aromatic carbocycles. The van der Waals surface area contributed by atoms with Gasteiger partial charge in [0.15, 0.2) is 0 Å². The maximum atomic E-state index is 13.7. The van der Waals surface area contributed by atoms with E-state index in [-0.39, 0.29) is 11.9 Å². The lowest BCUT2D eigenvalue weighted by molar-refractivity contribution is 0.611. The van der Waals surface area contributed by atoms with Crippen molar-refractivity contribution in [3.8, 4) is 0 Å². The maximum absolute atomic E-state index is 13.7. The molecule has 1 atom stereocenters.